The molecule has 24 heavy (non-hydrogen) atoms. The minimum Gasteiger partial charge on any atom is -0.357 e. The van der Waals surface area contributed by atoms with E-state index < -0.39 is 0 Å². The molecule has 1 unspecified atom stereocenters. The van der Waals surface area contributed by atoms with Crippen molar-refractivity contribution in [1.29, 1.82) is 0 Å². The number of guanidine groups is 1. The number of hydrogen-bond donors (Lipinski definition) is 3. The van der Waals surface area contributed by atoms with E-state index in [2.05, 4.69) is 40.0 Å². The van der Waals surface area contributed by atoms with E-state index in [1.54, 1.807) is 0 Å². The first-order valence-electron chi connectivity index (χ1n) is 9.08. The van der Waals surface area contributed by atoms with Crippen LogP contribution < -0.4 is 16.0 Å². The molecule has 1 aliphatic rings. The third-order valence-corrected chi connectivity index (χ3v) is 4.35. The fraction of sp³-hybridized carbons (Fsp3) is 0.579. The van der Waals surface area contributed by atoms with Gasteiger partial charge in [0.15, 0.2) is 5.96 Å². The Morgan fingerprint density at radius 1 is 1.21 bits per heavy atom. The van der Waals surface area contributed by atoms with Crippen molar-refractivity contribution in [1.82, 2.24) is 16.0 Å². The number of nitrogens with one attached hydrogen (secondary N) is 3. The highest BCUT2D eigenvalue weighted by atomic mass is 16.1. The average Bonchev–Trinajstić information content (AvgIpc) is 2.61. The van der Waals surface area contributed by atoms with Gasteiger partial charge in [0, 0.05) is 12.6 Å². The number of aliphatic imine (C=N–C) groups is 1. The van der Waals surface area contributed by atoms with Crippen LogP contribution in [0, 0.1) is 0 Å². The highest BCUT2D eigenvalue weighted by Gasteiger charge is 2.15. The van der Waals surface area contributed by atoms with E-state index in [9.17, 15) is 4.79 Å². The second-order valence-electron chi connectivity index (χ2n) is 6.37. The Labute approximate surface area is 145 Å². The summed E-state index contributed by atoms with van der Waals surface area (Å²) in [4.78, 5) is 16.5. The molecule has 0 aliphatic heterocycles. The fourth-order valence-corrected chi connectivity index (χ4v) is 3.02. The molecule has 1 aliphatic carbocycles. The zero-order chi connectivity index (χ0) is 17.2. The number of nitrogens with zero attached hydrogens (tertiary/aromatic N) is 1. The van der Waals surface area contributed by atoms with Gasteiger partial charge in [0.05, 0.1) is 6.04 Å². The molecule has 0 radical (unpaired) electrons. The van der Waals surface area contributed by atoms with E-state index in [0.29, 0.717) is 12.0 Å². The van der Waals surface area contributed by atoms with E-state index in [1.807, 2.05) is 25.1 Å². The van der Waals surface area contributed by atoms with Crippen molar-refractivity contribution in [3.8, 4) is 0 Å². The number of rotatable bonds is 6. The van der Waals surface area contributed by atoms with Crippen LogP contribution in [0.15, 0.2) is 35.3 Å². The Hall–Kier alpha value is -2.04. The summed E-state index contributed by atoms with van der Waals surface area (Å²) >= 11 is 0. The van der Waals surface area contributed by atoms with Crippen molar-refractivity contribution < 1.29 is 4.79 Å². The van der Waals surface area contributed by atoms with Crippen molar-refractivity contribution in [2.75, 3.05) is 13.1 Å². The smallest absolute Gasteiger partial charge is 0.242 e. The predicted octanol–water partition coefficient (Wildman–Crippen LogP) is 2.75. The summed E-state index contributed by atoms with van der Waals surface area (Å²) in [6, 6.07) is 10.7. The standard InChI is InChI=1S/C19H30N4O/c1-3-20-19(22-15(2)16-10-6-4-7-11-16)21-14-18(24)23-17-12-8-5-9-13-17/h4,6-7,10-11,15,17H,3,5,8-9,12-14H2,1-2H3,(H,23,24)(H2,20,21,22). The number of carbonyl (C=O) groups is 1. The second-order valence-corrected chi connectivity index (χ2v) is 6.37. The summed E-state index contributed by atoms with van der Waals surface area (Å²) in [7, 11) is 0. The molecule has 0 saturated heterocycles. The lowest BCUT2D eigenvalue weighted by molar-refractivity contribution is -0.120. The first-order valence-corrected chi connectivity index (χ1v) is 9.08. The predicted molar refractivity (Wildman–Crippen MR) is 99.0 cm³/mol. The molecule has 0 heterocycles. The molecule has 2 rings (SSSR count). The fourth-order valence-electron chi connectivity index (χ4n) is 3.02. The molecule has 0 bridgehead atoms. The highest BCUT2D eigenvalue weighted by Crippen LogP contribution is 2.17. The van der Waals surface area contributed by atoms with Gasteiger partial charge in [-0.25, -0.2) is 4.99 Å². The topological polar surface area (TPSA) is 65.5 Å². The van der Waals surface area contributed by atoms with E-state index >= 15 is 0 Å². The van der Waals surface area contributed by atoms with Gasteiger partial charge in [0.1, 0.15) is 6.54 Å². The molecule has 0 spiro atoms. The Morgan fingerprint density at radius 2 is 1.92 bits per heavy atom. The van der Waals surface area contributed by atoms with Gasteiger partial charge in [-0.3, -0.25) is 4.79 Å². The molecule has 5 heteroatoms. The van der Waals surface area contributed by atoms with Crippen molar-refractivity contribution in [2.24, 2.45) is 4.99 Å². The summed E-state index contributed by atoms with van der Waals surface area (Å²) in [6.07, 6.45) is 5.91. The van der Waals surface area contributed by atoms with Crippen LogP contribution in [0.25, 0.3) is 0 Å². The molecule has 1 fully saturated rings. The largest absolute Gasteiger partial charge is 0.357 e. The van der Waals surface area contributed by atoms with Crippen molar-refractivity contribution in [3.05, 3.63) is 35.9 Å². The van der Waals surface area contributed by atoms with Crippen molar-refractivity contribution in [2.45, 2.75) is 58.0 Å². The molecule has 1 saturated carbocycles. The molecule has 1 aromatic rings. The summed E-state index contributed by atoms with van der Waals surface area (Å²) in [6.45, 7) is 5.03. The Bertz CT molecular complexity index is 523. The maximum Gasteiger partial charge on any atom is 0.242 e. The molecule has 1 amide bonds. The average molecular weight is 330 g/mol. The SMILES string of the molecule is CCNC(=NCC(=O)NC1CCCCC1)NC(C)c1ccccc1. The van der Waals surface area contributed by atoms with Crippen molar-refractivity contribution >= 4 is 11.9 Å². The minimum absolute atomic E-state index is 0.00599. The zero-order valence-electron chi connectivity index (χ0n) is 14.8. The first-order chi connectivity index (χ1) is 11.7. The molecule has 5 nitrogen and oxygen atoms in total. The van der Waals surface area contributed by atoms with Crippen LogP contribution in [0.4, 0.5) is 0 Å². The third kappa shape index (κ3) is 6.22. The van der Waals surface area contributed by atoms with Crippen LogP contribution in [-0.4, -0.2) is 31.0 Å². The van der Waals surface area contributed by atoms with Gasteiger partial charge in [0.2, 0.25) is 5.91 Å². The summed E-state index contributed by atoms with van der Waals surface area (Å²) in [5.74, 6) is 0.680. The summed E-state index contributed by atoms with van der Waals surface area (Å²) in [5, 5.41) is 9.65. The van der Waals surface area contributed by atoms with E-state index in [-0.39, 0.29) is 18.5 Å². The van der Waals surface area contributed by atoms with Crippen LogP contribution in [0.5, 0.6) is 0 Å². The maximum absolute atomic E-state index is 12.1. The minimum atomic E-state index is 0.00599. The monoisotopic (exact) mass is 330 g/mol. The van der Waals surface area contributed by atoms with Crippen LogP contribution >= 0.6 is 0 Å². The van der Waals surface area contributed by atoms with Gasteiger partial charge in [0.25, 0.3) is 0 Å². The lowest BCUT2D eigenvalue weighted by Crippen LogP contribution is -2.41. The quantitative estimate of drug-likeness (QED) is 0.555. The van der Waals surface area contributed by atoms with Gasteiger partial charge in [-0.05, 0) is 32.3 Å². The van der Waals surface area contributed by atoms with Crippen LogP contribution in [0.2, 0.25) is 0 Å². The molecular weight excluding hydrogens is 300 g/mol. The Kier molecular flexibility index (Phi) is 7.59. The van der Waals surface area contributed by atoms with Crippen LogP contribution in [0.1, 0.15) is 57.6 Å². The van der Waals surface area contributed by atoms with Gasteiger partial charge in [-0.2, -0.15) is 0 Å². The van der Waals surface area contributed by atoms with E-state index in [4.69, 9.17) is 0 Å². The number of benzene rings is 1. The Morgan fingerprint density at radius 3 is 2.58 bits per heavy atom. The summed E-state index contributed by atoms with van der Waals surface area (Å²) in [5.41, 5.74) is 1.19. The second kappa shape index (κ2) is 9.96. The lowest BCUT2D eigenvalue weighted by atomic mass is 9.95. The third-order valence-electron chi connectivity index (χ3n) is 4.35. The number of amides is 1. The molecule has 3 N–H and O–H groups in total. The normalized spacial score (nSPS) is 17.2. The number of carbonyl (C=O) groups excluding carboxylic acids is 1. The first kappa shape index (κ1) is 18.3. The van der Waals surface area contributed by atoms with Gasteiger partial charge < -0.3 is 16.0 Å². The highest BCUT2D eigenvalue weighted by molar-refractivity contribution is 5.85. The van der Waals surface area contributed by atoms with E-state index in [1.165, 1.54) is 24.8 Å². The van der Waals surface area contributed by atoms with Gasteiger partial charge in [-0.15, -0.1) is 0 Å². The molecule has 0 aromatic heterocycles. The van der Waals surface area contributed by atoms with E-state index in [0.717, 1.165) is 19.4 Å². The summed E-state index contributed by atoms with van der Waals surface area (Å²) < 4.78 is 0. The number of hydrogen-bond acceptors (Lipinski definition) is 2. The molecular formula is C19H30N4O. The lowest BCUT2D eigenvalue weighted by Gasteiger charge is -2.22. The van der Waals surface area contributed by atoms with Crippen LogP contribution in [-0.2, 0) is 4.79 Å². The molecule has 132 valence electrons. The zero-order valence-corrected chi connectivity index (χ0v) is 14.8. The van der Waals surface area contributed by atoms with Gasteiger partial charge in [-0.1, -0.05) is 49.6 Å². The van der Waals surface area contributed by atoms with Crippen LogP contribution in [0.3, 0.4) is 0 Å². The Balaban J connectivity index is 1.86. The molecule has 1 aromatic carbocycles. The molecule has 1 atom stereocenters. The maximum atomic E-state index is 12.1. The van der Waals surface area contributed by atoms with Crippen molar-refractivity contribution in [3.63, 3.8) is 0 Å². The van der Waals surface area contributed by atoms with Gasteiger partial charge >= 0.3 is 0 Å².